The van der Waals surface area contributed by atoms with Gasteiger partial charge in [-0.1, -0.05) is 26.2 Å². The summed E-state index contributed by atoms with van der Waals surface area (Å²) >= 11 is 0. The number of ether oxygens (including phenoxy) is 1. The first-order chi connectivity index (χ1) is 7.18. The lowest BCUT2D eigenvalue weighted by atomic mass is 9.84. The van der Waals surface area contributed by atoms with Crippen LogP contribution in [0.4, 0.5) is 0 Å². The molecule has 1 aliphatic heterocycles. The van der Waals surface area contributed by atoms with Crippen molar-refractivity contribution in [2.24, 2.45) is 0 Å². The van der Waals surface area contributed by atoms with Gasteiger partial charge in [0.2, 0.25) is 0 Å². The summed E-state index contributed by atoms with van der Waals surface area (Å²) in [5, 5.41) is 3.74. The van der Waals surface area contributed by atoms with Gasteiger partial charge in [0, 0.05) is 18.7 Å². The summed E-state index contributed by atoms with van der Waals surface area (Å²) in [4.78, 5) is 0. The molecule has 0 bridgehead atoms. The zero-order valence-corrected chi connectivity index (χ0v) is 10.3. The fraction of sp³-hybridized carbons (Fsp3) is 1.00. The van der Waals surface area contributed by atoms with Gasteiger partial charge >= 0.3 is 0 Å². The first kappa shape index (κ1) is 11.4. The van der Waals surface area contributed by atoms with E-state index in [0.29, 0.717) is 5.54 Å². The zero-order valence-electron chi connectivity index (χ0n) is 10.3. The second-order valence-corrected chi connectivity index (χ2v) is 5.61. The predicted octanol–water partition coefficient (Wildman–Crippen LogP) is 2.87. The van der Waals surface area contributed by atoms with E-state index in [0.717, 1.165) is 19.6 Å². The Morgan fingerprint density at radius 3 is 2.53 bits per heavy atom. The Morgan fingerprint density at radius 1 is 1.13 bits per heavy atom. The van der Waals surface area contributed by atoms with Gasteiger partial charge in [-0.05, 0) is 32.6 Å². The van der Waals surface area contributed by atoms with E-state index in [2.05, 4.69) is 19.2 Å². The SMILES string of the molecule is CCC1(C)CCOC2(CCCCC2)CN1. The van der Waals surface area contributed by atoms with Crippen molar-refractivity contribution in [2.75, 3.05) is 13.2 Å². The molecular weight excluding hydrogens is 186 g/mol. The molecule has 0 aromatic heterocycles. The molecule has 0 aromatic carbocycles. The summed E-state index contributed by atoms with van der Waals surface area (Å²) < 4.78 is 6.17. The minimum Gasteiger partial charge on any atom is -0.374 e. The standard InChI is InChI=1S/C13H25NO/c1-3-12(2)9-10-15-13(11-14-12)7-5-4-6-8-13/h14H,3-11H2,1-2H3. The largest absolute Gasteiger partial charge is 0.374 e. The minimum absolute atomic E-state index is 0.186. The molecule has 1 unspecified atom stereocenters. The van der Waals surface area contributed by atoms with Gasteiger partial charge in [0.15, 0.2) is 0 Å². The maximum atomic E-state index is 6.17. The van der Waals surface area contributed by atoms with E-state index in [1.54, 1.807) is 0 Å². The molecule has 1 spiro atoms. The average molecular weight is 211 g/mol. The topological polar surface area (TPSA) is 21.3 Å². The second-order valence-electron chi connectivity index (χ2n) is 5.61. The van der Waals surface area contributed by atoms with Crippen molar-refractivity contribution in [3.05, 3.63) is 0 Å². The second kappa shape index (κ2) is 4.42. The van der Waals surface area contributed by atoms with E-state index >= 15 is 0 Å². The summed E-state index contributed by atoms with van der Waals surface area (Å²) in [6, 6.07) is 0. The van der Waals surface area contributed by atoms with Crippen molar-refractivity contribution in [3.8, 4) is 0 Å². The number of rotatable bonds is 1. The van der Waals surface area contributed by atoms with Crippen molar-refractivity contribution in [2.45, 2.75) is 69.9 Å². The van der Waals surface area contributed by atoms with Crippen molar-refractivity contribution in [3.63, 3.8) is 0 Å². The lowest BCUT2D eigenvalue weighted by Crippen LogP contribution is -2.48. The average Bonchev–Trinajstić information content (AvgIpc) is 2.42. The quantitative estimate of drug-likeness (QED) is 0.720. The molecule has 1 heterocycles. The van der Waals surface area contributed by atoms with Crippen molar-refractivity contribution in [1.29, 1.82) is 0 Å². The third kappa shape index (κ3) is 2.54. The highest BCUT2D eigenvalue weighted by atomic mass is 16.5. The summed E-state index contributed by atoms with van der Waals surface area (Å²) in [5.41, 5.74) is 0.492. The summed E-state index contributed by atoms with van der Waals surface area (Å²) in [5.74, 6) is 0. The molecule has 1 N–H and O–H groups in total. The minimum atomic E-state index is 0.186. The smallest absolute Gasteiger partial charge is 0.0806 e. The van der Waals surface area contributed by atoms with Crippen LogP contribution in [-0.2, 0) is 4.74 Å². The molecular formula is C13H25NO. The molecule has 2 fully saturated rings. The van der Waals surface area contributed by atoms with E-state index in [1.165, 1.54) is 38.5 Å². The van der Waals surface area contributed by atoms with Gasteiger partial charge in [0.05, 0.1) is 5.60 Å². The Labute approximate surface area is 93.8 Å². The molecule has 0 radical (unpaired) electrons. The molecule has 0 amide bonds. The van der Waals surface area contributed by atoms with Crippen LogP contribution in [0.15, 0.2) is 0 Å². The van der Waals surface area contributed by atoms with Gasteiger partial charge in [-0.2, -0.15) is 0 Å². The van der Waals surface area contributed by atoms with E-state index in [-0.39, 0.29) is 5.60 Å². The van der Waals surface area contributed by atoms with Crippen LogP contribution in [0, 0.1) is 0 Å². The molecule has 1 atom stereocenters. The predicted molar refractivity (Wildman–Crippen MR) is 63.1 cm³/mol. The highest BCUT2D eigenvalue weighted by Crippen LogP contribution is 2.34. The number of hydrogen-bond acceptors (Lipinski definition) is 2. The maximum absolute atomic E-state index is 6.17. The molecule has 2 nitrogen and oxygen atoms in total. The summed E-state index contributed by atoms with van der Waals surface area (Å²) in [6.07, 6.45) is 8.99. The van der Waals surface area contributed by atoms with Crippen LogP contribution in [0.3, 0.4) is 0 Å². The van der Waals surface area contributed by atoms with Crippen LogP contribution in [-0.4, -0.2) is 24.3 Å². The lowest BCUT2D eigenvalue weighted by Gasteiger charge is -2.37. The van der Waals surface area contributed by atoms with Gasteiger partial charge in [-0.15, -0.1) is 0 Å². The van der Waals surface area contributed by atoms with Crippen LogP contribution < -0.4 is 5.32 Å². The van der Waals surface area contributed by atoms with E-state index in [9.17, 15) is 0 Å². The summed E-state index contributed by atoms with van der Waals surface area (Å²) in [7, 11) is 0. The van der Waals surface area contributed by atoms with Crippen molar-refractivity contribution < 1.29 is 4.74 Å². The Kier molecular flexibility index (Phi) is 3.36. The van der Waals surface area contributed by atoms with Crippen LogP contribution in [0.25, 0.3) is 0 Å². The van der Waals surface area contributed by atoms with Crippen molar-refractivity contribution in [1.82, 2.24) is 5.32 Å². The Morgan fingerprint density at radius 2 is 1.87 bits per heavy atom. The number of nitrogens with one attached hydrogen (secondary N) is 1. The molecule has 1 saturated heterocycles. The Balaban J connectivity index is 1.99. The summed E-state index contributed by atoms with van der Waals surface area (Å²) in [6.45, 7) is 6.61. The zero-order chi connectivity index (χ0) is 10.8. The van der Waals surface area contributed by atoms with Gasteiger partial charge in [-0.25, -0.2) is 0 Å². The first-order valence-electron chi connectivity index (χ1n) is 6.57. The third-order valence-corrected chi connectivity index (χ3v) is 4.44. The molecule has 2 heteroatoms. The lowest BCUT2D eigenvalue weighted by molar-refractivity contribution is -0.0582. The monoisotopic (exact) mass is 211 g/mol. The first-order valence-corrected chi connectivity index (χ1v) is 6.57. The van der Waals surface area contributed by atoms with Gasteiger partial charge in [-0.3, -0.25) is 0 Å². The third-order valence-electron chi connectivity index (χ3n) is 4.44. The molecule has 2 rings (SSSR count). The van der Waals surface area contributed by atoms with Crippen LogP contribution in [0.5, 0.6) is 0 Å². The normalized spacial score (nSPS) is 36.4. The highest BCUT2D eigenvalue weighted by molar-refractivity contribution is 4.94. The maximum Gasteiger partial charge on any atom is 0.0806 e. The fourth-order valence-corrected chi connectivity index (χ4v) is 2.83. The van der Waals surface area contributed by atoms with Crippen LogP contribution >= 0.6 is 0 Å². The van der Waals surface area contributed by atoms with Crippen LogP contribution in [0.2, 0.25) is 0 Å². The number of hydrogen-bond donors (Lipinski definition) is 1. The Hall–Kier alpha value is -0.0800. The van der Waals surface area contributed by atoms with E-state index < -0.39 is 0 Å². The van der Waals surface area contributed by atoms with Gasteiger partial charge in [0.1, 0.15) is 0 Å². The highest BCUT2D eigenvalue weighted by Gasteiger charge is 2.37. The van der Waals surface area contributed by atoms with Crippen molar-refractivity contribution >= 4 is 0 Å². The molecule has 1 aliphatic carbocycles. The molecule has 2 aliphatic rings. The van der Waals surface area contributed by atoms with E-state index in [4.69, 9.17) is 4.74 Å². The molecule has 1 saturated carbocycles. The van der Waals surface area contributed by atoms with E-state index in [1.807, 2.05) is 0 Å². The fourth-order valence-electron chi connectivity index (χ4n) is 2.83. The van der Waals surface area contributed by atoms with Gasteiger partial charge in [0.25, 0.3) is 0 Å². The molecule has 0 aromatic rings. The Bertz CT molecular complexity index is 211. The molecule has 88 valence electrons. The van der Waals surface area contributed by atoms with Crippen LogP contribution in [0.1, 0.15) is 58.8 Å². The van der Waals surface area contributed by atoms with Gasteiger partial charge < -0.3 is 10.1 Å². The molecule has 15 heavy (non-hydrogen) atoms.